The summed E-state index contributed by atoms with van der Waals surface area (Å²) in [6.45, 7) is 0. The average Bonchev–Trinajstić information content (AvgIpc) is 1.81. The Morgan fingerprint density at radius 3 is 1.57 bits per heavy atom. The van der Waals surface area contributed by atoms with Crippen molar-refractivity contribution >= 4 is 7.81 Å². The minimum atomic E-state index is -10.7. The molecule has 1 aromatic rings. The van der Waals surface area contributed by atoms with E-state index in [4.69, 9.17) is 5.84 Å². The van der Waals surface area contributed by atoms with Crippen LogP contribution in [0.3, 0.4) is 0 Å². The molecular formula is C4H6F6N3P. The molecule has 2 N–H and O–H groups in total. The van der Waals surface area contributed by atoms with Crippen molar-refractivity contribution in [2.45, 2.75) is 0 Å². The molecule has 14 heavy (non-hydrogen) atoms. The first-order valence-electron chi connectivity index (χ1n) is 2.99. The molecule has 0 aliphatic carbocycles. The number of hydrogen-bond acceptors (Lipinski definition) is 2. The first-order valence-corrected chi connectivity index (χ1v) is 5.02. The molecule has 3 nitrogen and oxygen atoms in total. The van der Waals surface area contributed by atoms with Crippen LogP contribution >= 0.6 is 7.81 Å². The van der Waals surface area contributed by atoms with Gasteiger partial charge in [-0.15, -0.1) is 0 Å². The molecule has 1 aromatic heterocycles. The molecule has 1 rings (SSSR count). The molecule has 84 valence electrons. The number of rotatable bonds is 0. The Labute approximate surface area is 74.3 Å². The summed E-state index contributed by atoms with van der Waals surface area (Å²) in [5.41, 5.74) is 0. The van der Waals surface area contributed by atoms with E-state index in [1.54, 1.807) is 12.4 Å². The quantitative estimate of drug-likeness (QED) is 0.328. The van der Waals surface area contributed by atoms with Crippen molar-refractivity contribution in [3.8, 4) is 0 Å². The summed E-state index contributed by atoms with van der Waals surface area (Å²) in [6, 6.07) is 3.62. The first-order chi connectivity index (χ1) is 5.84. The van der Waals surface area contributed by atoms with Gasteiger partial charge in [0.25, 0.3) is 0 Å². The SMILES string of the molecule is F[P-](F)(F)(F)(F)F.N[n+]1ccccn1. The van der Waals surface area contributed by atoms with E-state index in [2.05, 4.69) is 5.10 Å². The predicted octanol–water partition coefficient (Wildman–Crippen LogP) is 2.47. The number of nitrogens with zero attached hydrogens (tertiary/aromatic N) is 2. The molecule has 10 heteroatoms. The van der Waals surface area contributed by atoms with Crippen molar-refractivity contribution in [3.05, 3.63) is 24.5 Å². The Bertz CT molecular complexity index is 281. The van der Waals surface area contributed by atoms with E-state index in [0.717, 1.165) is 0 Å². The van der Waals surface area contributed by atoms with Gasteiger partial charge >= 0.3 is 33.0 Å². The van der Waals surface area contributed by atoms with Crippen LogP contribution in [0, 0.1) is 0 Å². The molecule has 0 amide bonds. The largest absolute Gasteiger partial charge is 0.230 e. The van der Waals surface area contributed by atoms with Crippen LogP contribution in [0.15, 0.2) is 24.5 Å². The van der Waals surface area contributed by atoms with Gasteiger partial charge in [-0.3, -0.25) is 0 Å². The summed E-state index contributed by atoms with van der Waals surface area (Å²) >= 11 is 0. The summed E-state index contributed by atoms with van der Waals surface area (Å²) in [5, 5.41) is 3.67. The number of nitrogens with two attached hydrogens (primary N) is 1. The van der Waals surface area contributed by atoms with Gasteiger partial charge in [0, 0.05) is 16.0 Å². The molecule has 0 spiro atoms. The topological polar surface area (TPSA) is 42.8 Å². The van der Waals surface area contributed by atoms with Gasteiger partial charge in [-0.25, -0.2) is 0 Å². The molecule has 0 aromatic carbocycles. The second kappa shape index (κ2) is 2.94. The van der Waals surface area contributed by atoms with Gasteiger partial charge in [0.15, 0.2) is 0 Å². The molecule has 0 atom stereocenters. The Morgan fingerprint density at radius 1 is 1.00 bits per heavy atom. The predicted molar refractivity (Wildman–Crippen MR) is 38.2 cm³/mol. The third kappa shape index (κ3) is 22.4. The van der Waals surface area contributed by atoms with E-state index in [1.807, 2.05) is 12.1 Å². The Balaban J connectivity index is 0.000000241. The summed E-state index contributed by atoms with van der Waals surface area (Å²) in [6.07, 6.45) is 3.29. The zero-order valence-corrected chi connectivity index (χ0v) is 7.39. The van der Waals surface area contributed by atoms with Gasteiger partial charge in [0.1, 0.15) is 0 Å². The number of nitrogen functional groups attached to an aromatic ring is 1. The van der Waals surface area contributed by atoms with E-state index in [0.29, 0.717) is 0 Å². The van der Waals surface area contributed by atoms with Gasteiger partial charge in [-0.2, -0.15) is 5.84 Å². The second-order valence-corrected chi connectivity index (χ2v) is 4.05. The van der Waals surface area contributed by atoms with Crippen LogP contribution in [0.1, 0.15) is 0 Å². The van der Waals surface area contributed by atoms with E-state index in [9.17, 15) is 25.2 Å². The molecule has 0 aliphatic rings. The molecule has 0 radical (unpaired) electrons. The summed E-state index contributed by atoms with van der Waals surface area (Å²) in [4.78, 5) is 1.25. The van der Waals surface area contributed by atoms with E-state index in [-0.39, 0.29) is 0 Å². The zero-order chi connectivity index (χ0) is 11.5. The van der Waals surface area contributed by atoms with Crippen LogP contribution in [-0.2, 0) is 0 Å². The van der Waals surface area contributed by atoms with Crippen molar-refractivity contribution in [3.63, 3.8) is 0 Å². The average molecular weight is 241 g/mol. The summed E-state index contributed by atoms with van der Waals surface area (Å²) in [7, 11) is -10.7. The Hall–Kier alpha value is -1.11. The number of aromatic nitrogens is 2. The molecule has 0 saturated heterocycles. The molecular weight excluding hydrogens is 235 g/mol. The van der Waals surface area contributed by atoms with Crippen molar-refractivity contribution in [2.24, 2.45) is 0 Å². The smallest absolute Gasteiger partial charge is 0.181 e. The van der Waals surface area contributed by atoms with Crippen LogP contribution in [0.4, 0.5) is 25.2 Å². The van der Waals surface area contributed by atoms with Gasteiger partial charge in [-0.05, 0) is 6.07 Å². The van der Waals surface area contributed by atoms with Crippen molar-refractivity contribution in [1.82, 2.24) is 5.10 Å². The molecule has 0 unspecified atom stereocenters. The fraction of sp³-hybridized carbons (Fsp3) is 0. The fourth-order valence-corrected chi connectivity index (χ4v) is 0.342. The maximum Gasteiger partial charge on any atom is 0.230 e. The minimum absolute atomic E-state index is 1.25. The Kier molecular flexibility index (Phi) is 2.71. The molecule has 0 fully saturated rings. The van der Waals surface area contributed by atoms with Crippen molar-refractivity contribution in [2.75, 3.05) is 5.84 Å². The number of halogens is 6. The van der Waals surface area contributed by atoms with Gasteiger partial charge < -0.3 is 0 Å². The standard InChI is InChI=1S/C4H6N3.F6P/c5-7-4-2-1-3-6-7;1-7(2,3,4,5)6/h1-4H,(H2,5,6);/q+1;-1. The summed E-state index contributed by atoms with van der Waals surface area (Å²) in [5.74, 6) is 5.16. The van der Waals surface area contributed by atoms with E-state index < -0.39 is 7.81 Å². The van der Waals surface area contributed by atoms with Crippen LogP contribution in [0.2, 0.25) is 0 Å². The molecule has 0 bridgehead atoms. The zero-order valence-electron chi connectivity index (χ0n) is 6.50. The maximum absolute atomic E-state index is 10.7. The molecule has 0 saturated carbocycles. The summed E-state index contributed by atoms with van der Waals surface area (Å²) < 4.78 is 59.2. The van der Waals surface area contributed by atoms with Crippen LogP contribution in [0.25, 0.3) is 0 Å². The van der Waals surface area contributed by atoms with Gasteiger partial charge in [0.2, 0.25) is 6.20 Å². The minimum Gasteiger partial charge on any atom is -0.181 e. The second-order valence-electron chi connectivity index (χ2n) is 2.14. The fourth-order valence-electron chi connectivity index (χ4n) is 0.342. The van der Waals surface area contributed by atoms with Crippen LogP contribution in [-0.4, -0.2) is 5.10 Å². The van der Waals surface area contributed by atoms with E-state index in [1.165, 1.54) is 4.79 Å². The monoisotopic (exact) mass is 241 g/mol. The van der Waals surface area contributed by atoms with Crippen molar-refractivity contribution < 1.29 is 30.0 Å². The molecule has 1 heterocycles. The van der Waals surface area contributed by atoms with Crippen molar-refractivity contribution in [1.29, 1.82) is 0 Å². The Morgan fingerprint density at radius 2 is 1.43 bits per heavy atom. The molecule has 0 aliphatic heterocycles. The maximum atomic E-state index is 9.87. The van der Waals surface area contributed by atoms with Gasteiger partial charge in [0.05, 0.1) is 6.20 Å². The third-order valence-electron chi connectivity index (χ3n) is 0.636. The van der Waals surface area contributed by atoms with Crippen LogP contribution < -0.4 is 10.6 Å². The normalized spacial score (nSPS) is 15.9. The number of hydrogen-bond donors (Lipinski definition) is 1. The van der Waals surface area contributed by atoms with E-state index >= 15 is 0 Å². The van der Waals surface area contributed by atoms with Gasteiger partial charge in [-0.1, -0.05) is 0 Å². The first kappa shape index (κ1) is 12.9. The van der Waals surface area contributed by atoms with Crippen LogP contribution in [0.5, 0.6) is 0 Å². The third-order valence-corrected chi connectivity index (χ3v) is 0.636.